The average molecular weight is 753 g/mol. The Morgan fingerprint density at radius 3 is 1.54 bits per heavy atom. The fourth-order valence-corrected chi connectivity index (χ4v) is 10.1. The summed E-state index contributed by atoms with van der Waals surface area (Å²) in [5.74, 6) is 0. The summed E-state index contributed by atoms with van der Waals surface area (Å²) in [4.78, 5) is 2.38. The van der Waals surface area contributed by atoms with Gasteiger partial charge in [0.15, 0.2) is 0 Å². The van der Waals surface area contributed by atoms with Crippen molar-refractivity contribution in [3.05, 3.63) is 217 Å². The summed E-state index contributed by atoms with van der Waals surface area (Å²) < 4.78 is 2.46. The second-order valence-corrected chi connectivity index (χ2v) is 16.5. The molecule has 0 bridgehead atoms. The molecule has 0 atom stereocenters. The average Bonchev–Trinajstić information content (AvgIpc) is 3.90. The predicted octanol–water partition coefficient (Wildman–Crippen LogP) is 15.6. The predicted molar refractivity (Wildman–Crippen MR) is 250 cm³/mol. The second-order valence-electron chi connectivity index (χ2n) is 16.5. The summed E-state index contributed by atoms with van der Waals surface area (Å²) in [5, 5.41) is 5.19. The van der Waals surface area contributed by atoms with E-state index in [1.165, 1.54) is 93.7 Å². The lowest BCUT2D eigenvalue weighted by Gasteiger charge is -2.26. The first kappa shape index (κ1) is 33.7. The summed E-state index contributed by atoms with van der Waals surface area (Å²) in [6.45, 7) is 4.70. The van der Waals surface area contributed by atoms with Crippen LogP contribution in [0.2, 0.25) is 0 Å². The molecule has 1 aliphatic carbocycles. The molecule has 12 rings (SSSR count). The number of anilines is 3. The van der Waals surface area contributed by atoms with Crippen LogP contribution in [0.25, 0.3) is 82.6 Å². The summed E-state index contributed by atoms with van der Waals surface area (Å²) in [7, 11) is 0. The Balaban J connectivity index is 0.952. The van der Waals surface area contributed by atoms with E-state index < -0.39 is 0 Å². The number of nitrogens with zero attached hydrogens (tertiary/aromatic N) is 2. The molecule has 0 fully saturated rings. The number of hydrogen-bond donors (Lipinski definition) is 0. The molecule has 1 aliphatic rings. The van der Waals surface area contributed by atoms with Crippen molar-refractivity contribution in [2.24, 2.45) is 0 Å². The molecule has 2 heteroatoms. The smallest absolute Gasteiger partial charge is 0.0626 e. The molecular weight excluding hydrogens is 713 g/mol. The number of para-hydroxylation sites is 2. The molecular formula is C57H40N2. The van der Waals surface area contributed by atoms with Gasteiger partial charge in [0, 0.05) is 44.0 Å². The molecule has 11 aromatic rings. The monoisotopic (exact) mass is 752 g/mol. The molecule has 0 spiro atoms. The maximum absolute atomic E-state index is 2.46. The van der Waals surface area contributed by atoms with Gasteiger partial charge in [0.25, 0.3) is 0 Å². The minimum atomic E-state index is -0.0389. The van der Waals surface area contributed by atoms with Crippen molar-refractivity contribution in [2.45, 2.75) is 19.3 Å². The highest BCUT2D eigenvalue weighted by Gasteiger charge is 2.35. The Labute approximate surface area is 344 Å². The number of aromatic nitrogens is 1. The van der Waals surface area contributed by atoms with Crippen LogP contribution in [0.4, 0.5) is 17.1 Å². The zero-order valence-electron chi connectivity index (χ0n) is 33.0. The quantitative estimate of drug-likeness (QED) is 0.164. The van der Waals surface area contributed by atoms with Crippen LogP contribution in [-0.4, -0.2) is 4.40 Å². The Morgan fingerprint density at radius 2 is 0.847 bits per heavy atom. The second kappa shape index (κ2) is 12.8. The molecule has 0 radical (unpaired) electrons. The zero-order valence-corrected chi connectivity index (χ0v) is 33.0. The van der Waals surface area contributed by atoms with Gasteiger partial charge in [0.05, 0.1) is 16.6 Å². The van der Waals surface area contributed by atoms with Crippen LogP contribution in [0.15, 0.2) is 206 Å². The SMILES string of the molecule is CC1(C)c2ccccc2-c2ccc(-c3ccc(N(c4ccc(-c5ccccc5)cc4)c4ccc(-c5ccc6c7ccccc7n7c8ccccc8c5c67)cc4)cc3)cc21. The van der Waals surface area contributed by atoms with Crippen LogP contribution in [0.5, 0.6) is 0 Å². The van der Waals surface area contributed by atoms with Crippen LogP contribution in [0.1, 0.15) is 25.0 Å². The van der Waals surface area contributed by atoms with Gasteiger partial charge in [-0.1, -0.05) is 166 Å². The Morgan fingerprint density at radius 1 is 0.356 bits per heavy atom. The lowest BCUT2D eigenvalue weighted by atomic mass is 9.81. The van der Waals surface area contributed by atoms with Crippen molar-refractivity contribution in [1.82, 2.24) is 4.40 Å². The molecule has 2 nitrogen and oxygen atoms in total. The lowest BCUT2D eigenvalue weighted by molar-refractivity contribution is 0.660. The van der Waals surface area contributed by atoms with E-state index in [4.69, 9.17) is 0 Å². The van der Waals surface area contributed by atoms with Gasteiger partial charge in [-0.3, -0.25) is 0 Å². The largest absolute Gasteiger partial charge is 0.311 e. The van der Waals surface area contributed by atoms with Crippen molar-refractivity contribution in [2.75, 3.05) is 4.90 Å². The first-order chi connectivity index (χ1) is 29.0. The van der Waals surface area contributed by atoms with Gasteiger partial charge in [-0.15, -0.1) is 0 Å². The number of benzene rings is 9. The third-order valence-corrected chi connectivity index (χ3v) is 13.0. The van der Waals surface area contributed by atoms with Crippen LogP contribution >= 0.6 is 0 Å². The Hall–Kier alpha value is -7.42. The van der Waals surface area contributed by atoms with Gasteiger partial charge < -0.3 is 9.30 Å². The summed E-state index contributed by atoms with van der Waals surface area (Å²) in [6, 6.07) is 75.9. The van der Waals surface area contributed by atoms with Crippen molar-refractivity contribution in [3.8, 4) is 44.5 Å². The van der Waals surface area contributed by atoms with E-state index in [1.807, 2.05) is 0 Å². The minimum Gasteiger partial charge on any atom is -0.311 e. The maximum Gasteiger partial charge on any atom is 0.0626 e. The highest BCUT2D eigenvalue weighted by molar-refractivity contribution is 6.26. The van der Waals surface area contributed by atoms with Gasteiger partial charge in [0.2, 0.25) is 0 Å². The third kappa shape index (κ3) is 5.06. The highest BCUT2D eigenvalue weighted by atomic mass is 15.1. The first-order valence-electron chi connectivity index (χ1n) is 20.6. The van der Waals surface area contributed by atoms with E-state index in [0.717, 1.165) is 17.1 Å². The van der Waals surface area contributed by atoms with Crippen molar-refractivity contribution in [1.29, 1.82) is 0 Å². The fraction of sp³-hybridized carbons (Fsp3) is 0.0526. The topological polar surface area (TPSA) is 7.65 Å². The summed E-state index contributed by atoms with van der Waals surface area (Å²) in [6.07, 6.45) is 0. The zero-order chi connectivity index (χ0) is 39.2. The molecule has 0 saturated carbocycles. The van der Waals surface area contributed by atoms with E-state index in [2.05, 4.69) is 229 Å². The molecule has 59 heavy (non-hydrogen) atoms. The van der Waals surface area contributed by atoms with Gasteiger partial charge in [0.1, 0.15) is 0 Å². The summed E-state index contributed by atoms with van der Waals surface area (Å²) >= 11 is 0. The van der Waals surface area contributed by atoms with Crippen LogP contribution in [-0.2, 0) is 5.41 Å². The van der Waals surface area contributed by atoms with Crippen LogP contribution < -0.4 is 4.90 Å². The molecule has 0 N–H and O–H groups in total. The van der Waals surface area contributed by atoms with Gasteiger partial charge in [-0.05, 0) is 110 Å². The van der Waals surface area contributed by atoms with Gasteiger partial charge in [-0.25, -0.2) is 0 Å². The van der Waals surface area contributed by atoms with Gasteiger partial charge in [-0.2, -0.15) is 0 Å². The van der Waals surface area contributed by atoms with Gasteiger partial charge >= 0.3 is 0 Å². The highest BCUT2D eigenvalue weighted by Crippen LogP contribution is 2.50. The molecule has 0 aliphatic heterocycles. The lowest BCUT2D eigenvalue weighted by Crippen LogP contribution is -2.14. The van der Waals surface area contributed by atoms with E-state index in [1.54, 1.807) is 0 Å². The molecule has 9 aromatic carbocycles. The number of hydrogen-bond acceptors (Lipinski definition) is 1. The Bertz CT molecular complexity index is 3370. The third-order valence-electron chi connectivity index (χ3n) is 13.0. The molecule has 0 saturated heterocycles. The summed E-state index contributed by atoms with van der Waals surface area (Å²) in [5.41, 5.74) is 19.9. The standard InChI is InChI=1S/C57H40N2/c1-57(2)51-17-9-6-14-46(51)47-33-26-41(36-52(47)57)39-22-29-43(30-23-39)58(42-27-20-38(21-28-42)37-12-4-3-5-13-37)44-31-24-40(25-32-44)45-34-35-49-48-15-7-10-18-53(48)59-54-19-11-8-16-50(54)55(45)56(49)59/h3-36H,1-2H3. The number of fused-ring (bicyclic) bond motifs is 9. The molecule has 0 amide bonds. The van der Waals surface area contributed by atoms with Crippen molar-refractivity contribution >= 4 is 55.2 Å². The van der Waals surface area contributed by atoms with Crippen LogP contribution in [0, 0.1) is 0 Å². The van der Waals surface area contributed by atoms with E-state index in [-0.39, 0.29) is 5.41 Å². The van der Waals surface area contributed by atoms with Crippen molar-refractivity contribution < 1.29 is 0 Å². The molecule has 0 unspecified atom stereocenters. The Kier molecular flexibility index (Phi) is 7.31. The number of rotatable bonds is 6. The van der Waals surface area contributed by atoms with E-state index in [0.29, 0.717) is 0 Å². The first-order valence-corrected chi connectivity index (χ1v) is 20.6. The van der Waals surface area contributed by atoms with E-state index >= 15 is 0 Å². The fourth-order valence-electron chi connectivity index (χ4n) is 10.1. The van der Waals surface area contributed by atoms with Crippen molar-refractivity contribution in [3.63, 3.8) is 0 Å². The van der Waals surface area contributed by atoms with E-state index in [9.17, 15) is 0 Å². The molecule has 2 heterocycles. The minimum absolute atomic E-state index is 0.0389. The molecule has 278 valence electrons. The molecule has 2 aromatic heterocycles. The normalized spacial score (nSPS) is 13.1. The van der Waals surface area contributed by atoms with Crippen LogP contribution in [0.3, 0.4) is 0 Å². The maximum atomic E-state index is 2.46.